The van der Waals surface area contributed by atoms with Crippen LogP contribution in [0.15, 0.2) is 35.2 Å². The zero-order valence-electron chi connectivity index (χ0n) is 13.4. The molecule has 2 aromatic rings. The highest BCUT2D eigenvalue weighted by Crippen LogP contribution is 2.20. The second kappa shape index (κ2) is 6.91. The summed E-state index contributed by atoms with van der Waals surface area (Å²) < 4.78 is 10.4. The summed E-state index contributed by atoms with van der Waals surface area (Å²) in [6.07, 6.45) is 1.37. The van der Waals surface area contributed by atoms with Crippen molar-refractivity contribution in [1.29, 1.82) is 0 Å². The molecule has 1 aromatic carbocycles. The van der Waals surface area contributed by atoms with Crippen molar-refractivity contribution in [3.05, 3.63) is 47.6 Å². The van der Waals surface area contributed by atoms with Crippen molar-refractivity contribution >= 4 is 5.91 Å². The maximum Gasteiger partial charge on any atom is 0.227 e. The van der Waals surface area contributed by atoms with Gasteiger partial charge in [0.25, 0.3) is 0 Å². The summed E-state index contributed by atoms with van der Waals surface area (Å²) in [6, 6.07) is 8.22. The molecule has 0 saturated carbocycles. The number of benzene rings is 1. The third kappa shape index (κ3) is 3.76. The van der Waals surface area contributed by atoms with Gasteiger partial charge in [0.2, 0.25) is 18.1 Å². The van der Waals surface area contributed by atoms with E-state index in [0.717, 1.165) is 5.56 Å². The Hall–Kier alpha value is -2.21. The minimum Gasteiger partial charge on any atom is -0.366 e. The lowest BCUT2D eigenvalue weighted by Gasteiger charge is -2.31. The predicted molar refractivity (Wildman–Crippen MR) is 83.8 cm³/mol. The molecular weight excluding hydrogens is 294 g/mol. The molecule has 1 aromatic heterocycles. The Kier molecular flexibility index (Phi) is 4.71. The molecule has 6 heteroatoms. The topological polar surface area (TPSA) is 68.5 Å². The average Bonchev–Trinajstić information content (AvgIpc) is 3.10. The van der Waals surface area contributed by atoms with Gasteiger partial charge in [-0.2, -0.15) is 4.98 Å². The largest absolute Gasteiger partial charge is 0.366 e. The molecule has 1 saturated heterocycles. The Labute approximate surface area is 135 Å². The third-order valence-corrected chi connectivity index (χ3v) is 4.06. The summed E-state index contributed by atoms with van der Waals surface area (Å²) in [5, 5.41) is 3.80. The molecule has 1 aliphatic heterocycles. The van der Waals surface area contributed by atoms with Crippen LogP contribution in [-0.4, -0.2) is 40.6 Å². The van der Waals surface area contributed by atoms with Gasteiger partial charge >= 0.3 is 0 Å². The van der Waals surface area contributed by atoms with E-state index in [1.807, 2.05) is 17.0 Å². The average molecular weight is 315 g/mol. The lowest BCUT2D eigenvalue weighted by molar-refractivity contribution is -0.138. The first-order valence-electron chi connectivity index (χ1n) is 7.88. The van der Waals surface area contributed by atoms with Crippen LogP contribution < -0.4 is 0 Å². The predicted octanol–water partition coefficient (Wildman–Crippen LogP) is 2.34. The fourth-order valence-corrected chi connectivity index (χ4v) is 2.70. The van der Waals surface area contributed by atoms with Crippen LogP contribution in [0, 0.1) is 0 Å². The summed E-state index contributed by atoms with van der Waals surface area (Å²) in [6.45, 7) is 5.84. The Morgan fingerprint density at radius 1 is 1.43 bits per heavy atom. The Bertz CT molecular complexity index is 655. The van der Waals surface area contributed by atoms with Crippen LogP contribution in [0.3, 0.4) is 0 Å². The molecule has 0 aliphatic carbocycles. The molecule has 1 aliphatic rings. The molecule has 1 amide bonds. The maximum absolute atomic E-state index is 12.6. The second-order valence-corrected chi connectivity index (χ2v) is 6.07. The van der Waals surface area contributed by atoms with Crippen molar-refractivity contribution in [2.45, 2.75) is 32.3 Å². The number of aromatic nitrogens is 2. The summed E-state index contributed by atoms with van der Waals surface area (Å²) in [7, 11) is 0. The molecular formula is C17H21N3O3. The van der Waals surface area contributed by atoms with Gasteiger partial charge in [-0.25, -0.2) is 0 Å². The molecule has 6 nitrogen and oxygen atoms in total. The van der Waals surface area contributed by atoms with Gasteiger partial charge in [0.15, 0.2) is 0 Å². The molecule has 0 radical (unpaired) electrons. The van der Waals surface area contributed by atoms with E-state index in [4.69, 9.17) is 9.26 Å². The van der Waals surface area contributed by atoms with E-state index in [-0.39, 0.29) is 12.0 Å². The van der Waals surface area contributed by atoms with Crippen molar-refractivity contribution in [3.8, 4) is 0 Å². The van der Waals surface area contributed by atoms with Crippen LogP contribution >= 0.6 is 0 Å². The fraction of sp³-hybridized carbons (Fsp3) is 0.471. The third-order valence-electron chi connectivity index (χ3n) is 4.06. The molecule has 1 unspecified atom stereocenters. The molecule has 1 atom stereocenters. The van der Waals surface area contributed by atoms with Gasteiger partial charge < -0.3 is 14.2 Å². The molecule has 0 N–H and O–H groups in total. The zero-order chi connectivity index (χ0) is 16.2. The second-order valence-electron chi connectivity index (χ2n) is 6.07. The summed E-state index contributed by atoms with van der Waals surface area (Å²) >= 11 is 0. The van der Waals surface area contributed by atoms with Crippen LogP contribution in [0.2, 0.25) is 0 Å². The quantitative estimate of drug-likeness (QED) is 0.866. The van der Waals surface area contributed by atoms with E-state index in [0.29, 0.717) is 37.9 Å². The first-order chi connectivity index (χ1) is 11.1. The Balaban J connectivity index is 1.65. The van der Waals surface area contributed by atoms with Gasteiger partial charge in [-0.3, -0.25) is 4.79 Å². The number of ether oxygens (including phenoxy) is 1. The summed E-state index contributed by atoms with van der Waals surface area (Å²) in [5.41, 5.74) is 2.30. The smallest absolute Gasteiger partial charge is 0.227 e. The van der Waals surface area contributed by atoms with E-state index >= 15 is 0 Å². The van der Waals surface area contributed by atoms with Gasteiger partial charge in [0.1, 0.15) is 6.10 Å². The van der Waals surface area contributed by atoms with E-state index in [9.17, 15) is 4.79 Å². The Morgan fingerprint density at radius 3 is 3.04 bits per heavy atom. The number of carbonyl (C=O) groups excluding carboxylic acids is 1. The van der Waals surface area contributed by atoms with Gasteiger partial charge in [-0.05, 0) is 17.0 Å². The summed E-state index contributed by atoms with van der Waals surface area (Å²) in [4.78, 5) is 18.4. The summed E-state index contributed by atoms with van der Waals surface area (Å²) in [5.74, 6) is 1.04. The number of carbonyl (C=O) groups is 1. The fourth-order valence-electron chi connectivity index (χ4n) is 2.70. The molecule has 3 rings (SSSR count). The monoisotopic (exact) mass is 315 g/mol. The molecule has 2 heterocycles. The van der Waals surface area contributed by atoms with Crippen LogP contribution in [0.4, 0.5) is 0 Å². The number of nitrogens with zero attached hydrogens (tertiary/aromatic N) is 3. The van der Waals surface area contributed by atoms with Gasteiger partial charge in [0.05, 0.1) is 19.6 Å². The first kappa shape index (κ1) is 15.7. The Morgan fingerprint density at radius 2 is 2.30 bits per heavy atom. The molecule has 0 bridgehead atoms. The van der Waals surface area contributed by atoms with Crippen molar-refractivity contribution in [3.63, 3.8) is 0 Å². The lowest BCUT2D eigenvalue weighted by Crippen LogP contribution is -2.43. The first-order valence-corrected chi connectivity index (χ1v) is 7.88. The van der Waals surface area contributed by atoms with Crippen molar-refractivity contribution in [1.82, 2.24) is 15.0 Å². The van der Waals surface area contributed by atoms with E-state index < -0.39 is 0 Å². The highest BCUT2D eigenvalue weighted by molar-refractivity contribution is 5.79. The normalized spacial score (nSPS) is 18.4. The van der Waals surface area contributed by atoms with Crippen molar-refractivity contribution < 1.29 is 14.1 Å². The number of hydrogen-bond donors (Lipinski definition) is 0. The maximum atomic E-state index is 12.6. The molecule has 0 spiro atoms. The standard InChI is InChI=1S/C17H21N3O3/c1-12(2)14-5-3-4-13(8-14)9-16(21)20-6-7-22-15(10-20)17-18-11-23-19-17/h3-5,8,11-12,15H,6-7,9-10H2,1-2H3. The van der Waals surface area contributed by atoms with Gasteiger partial charge in [-0.1, -0.05) is 43.3 Å². The highest BCUT2D eigenvalue weighted by atomic mass is 16.5. The van der Waals surface area contributed by atoms with Crippen LogP contribution in [0.1, 0.15) is 42.8 Å². The minimum atomic E-state index is -0.312. The zero-order valence-corrected chi connectivity index (χ0v) is 13.4. The van der Waals surface area contributed by atoms with Gasteiger partial charge in [-0.15, -0.1) is 0 Å². The van der Waals surface area contributed by atoms with Crippen LogP contribution in [0.25, 0.3) is 0 Å². The van der Waals surface area contributed by atoms with Crippen molar-refractivity contribution in [2.75, 3.05) is 19.7 Å². The van der Waals surface area contributed by atoms with E-state index in [1.54, 1.807) is 0 Å². The highest BCUT2D eigenvalue weighted by Gasteiger charge is 2.28. The van der Waals surface area contributed by atoms with Crippen molar-refractivity contribution in [2.24, 2.45) is 0 Å². The van der Waals surface area contributed by atoms with E-state index in [2.05, 4.69) is 36.1 Å². The van der Waals surface area contributed by atoms with Crippen LogP contribution in [-0.2, 0) is 16.0 Å². The van der Waals surface area contributed by atoms with Crippen LogP contribution in [0.5, 0.6) is 0 Å². The number of morpholine rings is 1. The number of rotatable bonds is 4. The molecule has 122 valence electrons. The van der Waals surface area contributed by atoms with E-state index in [1.165, 1.54) is 12.0 Å². The SMILES string of the molecule is CC(C)c1cccc(CC(=O)N2CCOC(c3ncon3)C2)c1. The van der Waals surface area contributed by atoms with Gasteiger partial charge in [0, 0.05) is 6.54 Å². The molecule has 23 heavy (non-hydrogen) atoms. The number of amides is 1. The number of hydrogen-bond acceptors (Lipinski definition) is 5. The molecule has 1 fully saturated rings. The lowest BCUT2D eigenvalue weighted by atomic mass is 9.99. The minimum absolute atomic E-state index is 0.0997.